The molecular weight excluding hydrogens is 392 g/mol. The van der Waals surface area contributed by atoms with Gasteiger partial charge in [0.25, 0.3) is 5.91 Å². The molecule has 0 N–H and O–H groups in total. The van der Waals surface area contributed by atoms with Gasteiger partial charge >= 0.3 is 5.97 Å². The minimum absolute atomic E-state index is 0.0408. The summed E-state index contributed by atoms with van der Waals surface area (Å²) in [4.78, 5) is 26.3. The summed E-state index contributed by atoms with van der Waals surface area (Å²) in [5.74, 6) is -0.939. The Hall–Kier alpha value is -2.61. The van der Waals surface area contributed by atoms with E-state index in [0.717, 1.165) is 22.6 Å². The maximum Gasteiger partial charge on any atom is 0.340 e. The van der Waals surface area contributed by atoms with E-state index >= 15 is 0 Å². The van der Waals surface area contributed by atoms with Crippen LogP contribution in [0.2, 0.25) is 0 Å². The van der Waals surface area contributed by atoms with E-state index in [1.54, 1.807) is 13.1 Å². The van der Waals surface area contributed by atoms with Crippen LogP contribution in [0.3, 0.4) is 0 Å². The lowest BCUT2D eigenvalue weighted by Crippen LogP contribution is -2.40. The van der Waals surface area contributed by atoms with Crippen molar-refractivity contribution in [2.24, 2.45) is 0 Å². The van der Waals surface area contributed by atoms with Crippen molar-refractivity contribution in [3.05, 3.63) is 52.8 Å². The first-order valence-corrected chi connectivity index (χ1v) is 11.3. The Kier molecular flexibility index (Phi) is 5.84. The normalized spacial score (nSPS) is 17.9. The molecule has 156 valence electrons. The van der Waals surface area contributed by atoms with E-state index in [1.807, 2.05) is 49.6 Å². The molecule has 1 saturated heterocycles. The monoisotopic (exact) mass is 418 g/mol. The van der Waals surface area contributed by atoms with E-state index in [-0.39, 0.29) is 17.5 Å². The van der Waals surface area contributed by atoms with Gasteiger partial charge in [0.15, 0.2) is 16.4 Å². The lowest BCUT2D eigenvalue weighted by Gasteiger charge is -2.23. The van der Waals surface area contributed by atoms with Crippen LogP contribution in [-0.2, 0) is 19.4 Å². The van der Waals surface area contributed by atoms with Crippen LogP contribution in [0.25, 0.3) is 5.69 Å². The molecule has 2 aromatic rings. The molecule has 0 aliphatic carbocycles. The van der Waals surface area contributed by atoms with Gasteiger partial charge in [0.1, 0.15) is 0 Å². The van der Waals surface area contributed by atoms with Crippen molar-refractivity contribution in [2.75, 3.05) is 25.2 Å². The molecule has 1 atom stereocenters. The van der Waals surface area contributed by atoms with Crippen molar-refractivity contribution in [3.63, 3.8) is 0 Å². The Balaban J connectivity index is 1.67. The number of sulfone groups is 1. The van der Waals surface area contributed by atoms with E-state index in [2.05, 4.69) is 0 Å². The highest BCUT2D eigenvalue weighted by Crippen LogP contribution is 2.22. The highest BCUT2D eigenvalue weighted by Gasteiger charge is 2.33. The van der Waals surface area contributed by atoms with Crippen molar-refractivity contribution < 1.29 is 22.7 Å². The second kappa shape index (κ2) is 8.02. The number of amides is 1. The van der Waals surface area contributed by atoms with Gasteiger partial charge in [-0.2, -0.15) is 0 Å². The molecule has 1 aromatic carbocycles. The van der Waals surface area contributed by atoms with Crippen molar-refractivity contribution in [1.29, 1.82) is 0 Å². The number of aromatic nitrogens is 1. The Bertz CT molecular complexity index is 1040. The molecule has 1 aliphatic heterocycles. The lowest BCUT2D eigenvalue weighted by atomic mass is 10.2. The quantitative estimate of drug-likeness (QED) is 0.695. The van der Waals surface area contributed by atoms with Crippen molar-refractivity contribution in [2.45, 2.75) is 33.2 Å². The van der Waals surface area contributed by atoms with Crippen molar-refractivity contribution in [1.82, 2.24) is 9.47 Å². The molecule has 0 unspecified atom stereocenters. The fraction of sp³-hybridized carbons (Fsp3) is 0.429. The van der Waals surface area contributed by atoms with Gasteiger partial charge in [-0.25, -0.2) is 13.2 Å². The van der Waals surface area contributed by atoms with Gasteiger partial charge < -0.3 is 14.2 Å². The van der Waals surface area contributed by atoms with E-state index in [0.29, 0.717) is 12.0 Å². The predicted molar refractivity (Wildman–Crippen MR) is 110 cm³/mol. The number of ether oxygens (including phenoxy) is 1. The summed E-state index contributed by atoms with van der Waals surface area (Å²) in [6.07, 6.45) is 0.413. The Morgan fingerprint density at radius 3 is 2.41 bits per heavy atom. The summed E-state index contributed by atoms with van der Waals surface area (Å²) in [5, 5.41) is 0. The Morgan fingerprint density at radius 1 is 1.17 bits per heavy atom. The second-order valence-electron chi connectivity index (χ2n) is 7.59. The topological polar surface area (TPSA) is 85.7 Å². The largest absolute Gasteiger partial charge is 0.452 e. The fourth-order valence-electron chi connectivity index (χ4n) is 3.65. The van der Waals surface area contributed by atoms with Crippen LogP contribution in [-0.4, -0.2) is 61.0 Å². The smallest absolute Gasteiger partial charge is 0.340 e. The minimum atomic E-state index is -3.09. The van der Waals surface area contributed by atoms with Crippen LogP contribution in [0.15, 0.2) is 30.3 Å². The molecule has 0 radical (unpaired) electrons. The predicted octanol–water partition coefficient (Wildman–Crippen LogP) is 2.20. The standard InChI is InChI=1S/C21H26N2O5S/c1-14-5-7-17(8-6-14)23-15(2)11-19(16(23)3)21(25)28-12-20(24)22(4)18-9-10-29(26,27)13-18/h5-8,11,18H,9-10,12-13H2,1-4H3/t18-/m1/s1. The molecule has 8 heteroatoms. The SMILES string of the molecule is Cc1ccc(-n2c(C)cc(C(=O)OCC(=O)N(C)[C@@H]3CCS(=O)(=O)C3)c2C)cc1. The van der Waals surface area contributed by atoms with Gasteiger partial charge in [0.05, 0.1) is 17.1 Å². The summed E-state index contributed by atoms with van der Waals surface area (Å²) in [6, 6.07) is 9.36. The minimum Gasteiger partial charge on any atom is -0.452 e. The number of benzene rings is 1. The average molecular weight is 419 g/mol. The average Bonchev–Trinajstić information content (AvgIpc) is 3.18. The van der Waals surface area contributed by atoms with Crippen LogP contribution in [0.1, 0.15) is 33.7 Å². The number of esters is 1. The lowest BCUT2D eigenvalue weighted by molar-refractivity contribution is -0.134. The summed E-state index contributed by atoms with van der Waals surface area (Å²) in [7, 11) is -1.54. The van der Waals surface area contributed by atoms with Gasteiger partial charge in [0, 0.05) is 30.2 Å². The summed E-state index contributed by atoms with van der Waals surface area (Å²) < 4.78 is 30.4. The molecule has 1 fully saturated rings. The first-order valence-electron chi connectivity index (χ1n) is 9.48. The van der Waals surface area contributed by atoms with Crippen LogP contribution in [0.4, 0.5) is 0 Å². The van der Waals surface area contributed by atoms with Gasteiger partial charge in [-0.15, -0.1) is 0 Å². The Labute approximate surface area is 171 Å². The molecule has 2 heterocycles. The van der Waals surface area contributed by atoms with Crippen LogP contribution >= 0.6 is 0 Å². The zero-order valence-electron chi connectivity index (χ0n) is 17.1. The number of hydrogen-bond donors (Lipinski definition) is 0. The summed E-state index contributed by atoms with van der Waals surface area (Å²) in [6.45, 7) is 5.33. The number of rotatable bonds is 5. The summed E-state index contributed by atoms with van der Waals surface area (Å²) in [5.41, 5.74) is 4.12. The zero-order valence-corrected chi connectivity index (χ0v) is 18.0. The number of carbonyl (C=O) groups is 2. The second-order valence-corrected chi connectivity index (χ2v) is 9.82. The Morgan fingerprint density at radius 2 is 1.83 bits per heavy atom. The molecule has 29 heavy (non-hydrogen) atoms. The first-order chi connectivity index (χ1) is 13.6. The molecule has 1 aromatic heterocycles. The summed E-state index contributed by atoms with van der Waals surface area (Å²) >= 11 is 0. The molecule has 1 amide bonds. The number of nitrogens with zero attached hydrogens (tertiary/aromatic N) is 2. The number of hydrogen-bond acceptors (Lipinski definition) is 5. The maximum atomic E-state index is 12.6. The molecular formula is C21H26N2O5S. The maximum absolute atomic E-state index is 12.6. The highest BCUT2D eigenvalue weighted by molar-refractivity contribution is 7.91. The number of likely N-dealkylation sites (N-methyl/N-ethyl adjacent to an activating group) is 1. The van der Waals surface area contributed by atoms with E-state index in [1.165, 1.54) is 4.90 Å². The van der Waals surface area contributed by atoms with E-state index in [9.17, 15) is 18.0 Å². The molecule has 0 saturated carbocycles. The zero-order chi connectivity index (χ0) is 21.3. The first kappa shape index (κ1) is 21.1. The third kappa shape index (κ3) is 4.53. The molecule has 0 spiro atoms. The highest BCUT2D eigenvalue weighted by atomic mass is 32.2. The van der Waals surface area contributed by atoms with Gasteiger partial charge in [-0.1, -0.05) is 17.7 Å². The molecule has 0 bridgehead atoms. The van der Waals surface area contributed by atoms with E-state index in [4.69, 9.17) is 4.74 Å². The van der Waals surface area contributed by atoms with Crippen molar-refractivity contribution >= 4 is 21.7 Å². The number of aryl methyl sites for hydroxylation is 2. The third-order valence-electron chi connectivity index (χ3n) is 5.42. The van der Waals surface area contributed by atoms with E-state index < -0.39 is 28.3 Å². The molecule has 3 rings (SSSR count). The van der Waals surface area contributed by atoms with Crippen LogP contribution in [0.5, 0.6) is 0 Å². The van der Waals surface area contributed by atoms with Gasteiger partial charge in [-0.05, 0) is 45.4 Å². The number of carbonyl (C=O) groups excluding carboxylic acids is 2. The van der Waals surface area contributed by atoms with Crippen LogP contribution < -0.4 is 0 Å². The fourth-order valence-corrected chi connectivity index (χ4v) is 5.43. The van der Waals surface area contributed by atoms with Gasteiger partial charge in [0.2, 0.25) is 0 Å². The third-order valence-corrected chi connectivity index (χ3v) is 7.17. The van der Waals surface area contributed by atoms with Gasteiger partial charge in [-0.3, -0.25) is 4.79 Å². The molecule has 7 nitrogen and oxygen atoms in total. The van der Waals surface area contributed by atoms with Crippen LogP contribution in [0, 0.1) is 20.8 Å². The molecule has 1 aliphatic rings. The van der Waals surface area contributed by atoms with Crippen molar-refractivity contribution in [3.8, 4) is 5.69 Å².